The number of hydrogen-bond acceptors (Lipinski definition) is 6. The van der Waals surface area contributed by atoms with E-state index in [1.807, 2.05) is 0 Å². The summed E-state index contributed by atoms with van der Waals surface area (Å²) in [6.45, 7) is 0.944. The number of nitrogens with two attached hydrogens (primary N) is 1. The lowest BCUT2D eigenvalue weighted by Crippen LogP contribution is -2.33. The van der Waals surface area contributed by atoms with Crippen molar-refractivity contribution in [3.05, 3.63) is 0 Å². The summed E-state index contributed by atoms with van der Waals surface area (Å²) in [4.78, 5) is 21.3. The van der Waals surface area contributed by atoms with Crippen molar-refractivity contribution in [2.75, 3.05) is 20.8 Å². The molecule has 98 valence electrons. The Morgan fingerprint density at radius 1 is 1.29 bits per heavy atom. The Hall–Kier alpha value is -1.14. The molecule has 0 aromatic carbocycles. The first kappa shape index (κ1) is 13.9. The van der Waals surface area contributed by atoms with E-state index in [2.05, 4.69) is 14.8 Å². The Labute approximate surface area is 101 Å². The fourth-order valence-corrected chi connectivity index (χ4v) is 1.57. The van der Waals surface area contributed by atoms with Gasteiger partial charge in [0.2, 0.25) is 0 Å². The minimum Gasteiger partial charge on any atom is -0.468 e. The van der Waals surface area contributed by atoms with E-state index in [0.717, 1.165) is 32.2 Å². The Balaban J connectivity index is 0.000000171. The highest BCUT2D eigenvalue weighted by molar-refractivity contribution is 5.83. The van der Waals surface area contributed by atoms with Gasteiger partial charge in [-0.25, -0.2) is 0 Å². The van der Waals surface area contributed by atoms with Crippen LogP contribution in [0.25, 0.3) is 0 Å². The molecule has 0 bridgehead atoms. The number of nitrogens with one attached hydrogen (secondary N) is 1. The normalized spacial score (nSPS) is 24.3. The molecule has 2 aliphatic rings. The van der Waals surface area contributed by atoms with Crippen molar-refractivity contribution < 1.29 is 19.1 Å². The van der Waals surface area contributed by atoms with E-state index in [4.69, 9.17) is 5.73 Å². The van der Waals surface area contributed by atoms with Gasteiger partial charge in [-0.1, -0.05) is 0 Å². The monoisotopic (exact) mass is 244 g/mol. The number of ether oxygens (including phenoxy) is 2. The van der Waals surface area contributed by atoms with Gasteiger partial charge >= 0.3 is 11.9 Å². The van der Waals surface area contributed by atoms with E-state index in [1.165, 1.54) is 14.2 Å². The van der Waals surface area contributed by atoms with Gasteiger partial charge in [0.1, 0.15) is 11.6 Å². The van der Waals surface area contributed by atoms with Crippen LogP contribution >= 0.6 is 0 Å². The summed E-state index contributed by atoms with van der Waals surface area (Å²) in [7, 11) is 2.78. The maximum Gasteiger partial charge on any atom is 0.325 e. The summed E-state index contributed by atoms with van der Waals surface area (Å²) in [5, 5.41) is 3.03. The van der Waals surface area contributed by atoms with Gasteiger partial charge in [0.25, 0.3) is 0 Å². The van der Waals surface area contributed by atoms with Gasteiger partial charge in [-0.15, -0.1) is 0 Å². The molecule has 3 N–H and O–H groups in total. The number of carbonyl (C=O) groups is 2. The molecular weight excluding hydrogens is 224 g/mol. The number of hydrogen-bond donors (Lipinski definition) is 2. The van der Waals surface area contributed by atoms with Crippen LogP contribution in [-0.4, -0.2) is 44.3 Å². The fourth-order valence-electron chi connectivity index (χ4n) is 1.57. The second kappa shape index (κ2) is 5.97. The maximum atomic E-state index is 10.7. The Bertz CT molecular complexity index is 283. The summed E-state index contributed by atoms with van der Waals surface area (Å²) in [5.41, 5.74) is 4.82. The largest absolute Gasteiger partial charge is 0.468 e. The van der Waals surface area contributed by atoms with Crippen LogP contribution in [0.4, 0.5) is 0 Å². The number of carbonyl (C=O) groups excluding carboxylic acids is 2. The summed E-state index contributed by atoms with van der Waals surface area (Å²) < 4.78 is 8.95. The molecule has 6 heteroatoms. The molecular formula is C11H20N2O4. The minimum absolute atomic E-state index is 0.0324. The third-order valence-electron chi connectivity index (χ3n) is 2.93. The van der Waals surface area contributed by atoms with Gasteiger partial charge in [0.15, 0.2) is 0 Å². The molecule has 1 aliphatic carbocycles. The van der Waals surface area contributed by atoms with Crippen molar-refractivity contribution in [3.63, 3.8) is 0 Å². The first-order valence-electron chi connectivity index (χ1n) is 5.72. The smallest absolute Gasteiger partial charge is 0.325 e. The van der Waals surface area contributed by atoms with Gasteiger partial charge in [-0.3, -0.25) is 9.59 Å². The van der Waals surface area contributed by atoms with Crippen molar-refractivity contribution in [2.24, 2.45) is 5.73 Å². The average Bonchev–Trinajstić information content (AvgIpc) is 2.88. The van der Waals surface area contributed by atoms with Gasteiger partial charge in [-0.05, 0) is 32.2 Å². The summed E-state index contributed by atoms with van der Waals surface area (Å²) in [5.74, 6) is -0.412. The van der Waals surface area contributed by atoms with E-state index in [-0.39, 0.29) is 18.0 Å². The zero-order chi connectivity index (χ0) is 12.9. The average molecular weight is 244 g/mol. The van der Waals surface area contributed by atoms with Crippen LogP contribution in [0.15, 0.2) is 0 Å². The van der Waals surface area contributed by atoms with E-state index in [1.54, 1.807) is 0 Å². The first-order chi connectivity index (χ1) is 8.03. The molecule has 2 rings (SSSR count). The molecule has 0 aromatic rings. The van der Waals surface area contributed by atoms with Crippen molar-refractivity contribution in [2.45, 2.75) is 37.3 Å². The molecule has 2 fully saturated rings. The summed E-state index contributed by atoms with van der Waals surface area (Å²) in [6.07, 6.45) is 3.56. The highest BCUT2D eigenvalue weighted by Gasteiger charge is 2.47. The third kappa shape index (κ3) is 3.98. The number of methoxy groups -OCH3 is 2. The fraction of sp³-hybridized carbons (Fsp3) is 0.818. The molecule has 17 heavy (non-hydrogen) atoms. The SMILES string of the molecule is COC(=O)C1(N)CC1.COC(=O)[C@@H]1CCCN1. The lowest BCUT2D eigenvalue weighted by Gasteiger charge is -2.04. The van der Waals surface area contributed by atoms with Crippen LogP contribution in [0, 0.1) is 0 Å². The van der Waals surface area contributed by atoms with E-state index in [0.29, 0.717) is 0 Å². The topological polar surface area (TPSA) is 90.7 Å². The van der Waals surface area contributed by atoms with Gasteiger partial charge in [-0.2, -0.15) is 0 Å². The van der Waals surface area contributed by atoms with Crippen LogP contribution in [0.5, 0.6) is 0 Å². The lowest BCUT2D eigenvalue weighted by molar-refractivity contribution is -0.143. The van der Waals surface area contributed by atoms with Crippen LogP contribution in [-0.2, 0) is 19.1 Å². The molecule has 0 amide bonds. The molecule has 0 unspecified atom stereocenters. The first-order valence-corrected chi connectivity index (χ1v) is 5.72. The van der Waals surface area contributed by atoms with Crippen molar-refractivity contribution in [1.29, 1.82) is 0 Å². The van der Waals surface area contributed by atoms with E-state index in [9.17, 15) is 9.59 Å². The summed E-state index contributed by atoms with van der Waals surface area (Å²) >= 11 is 0. The standard InChI is InChI=1S/C6H11NO2.C5H9NO2/c1-9-6(8)5-3-2-4-7-5;1-8-4(7)5(6)2-3-5/h5,7H,2-4H2,1H3;2-3,6H2,1H3/t5-;/m0./s1. The zero-order valence-electron chi connectivity index (χ0n) is 10.3. The Morgan fingerprint density at radius 3 is 2.24 bits per heavy atom. The van der Waals surface area contributed by atoms with E-state index < -0.39 is 5.54 Å². The predicted molar refractivity (Wildman–Crippen MR) is 61.2 cm³/mol. The molecule has 0 aromatic heterocycles. The van der Waals surface area contributed by atoms with E-state index >= 15 is 0 Å². The maximum absolute atomic E-state index is 10.7. The molecule has 1 heterocycles. The van der Waals surface area contributed by atoms with Crippen molar-refractivity contribution in [1.82, 2.24) is 5.32 Å². The van der Waals surface area contributed by atoms with Gasteiger partial charge < -0.3 is 20.5 Å². The number of esters is 2. The van der Waals surface area contributed by atoms with Crippen molar-refractivity contribution >= 4 is 11.9 Å². The number of rotatable bonds is 2. The molecule has 0 radical (unpaired) electrons. The van der Waals surface area contributed by atoms with Crippen LogP contribution in [0.3, 0.4) is 0 Å². The minimum atomic E-state index is -0.602. The third-order valence-corrected chi connectivity index (χ3v) is 2.93. The molecule has 1 aliphatic heterocycles. The second-order valence-corrected chi connectivity index (χ2v) is 4.32. The van der Waals surface area contributed by atoms with Gasteiger partial charge in [0, 0.05) is 0 Å². The summed E-state index contributed by atoms with van der Waals surface area (Å²) in [6, 6.07) is -0.0324. The molecule has 6 nitrogen and oxygen atoms in total. The second-order valence-electron chi connectivity index (χ2n) is 4.32. The predicted octanol–water partition coefficient (Wildman–Crippen LogP) is -0.438. The Morgan fingerprint density at radius 2 is 1.94 bits per heavy atom. The quantitative estimate of drug-likeness (QED) is 0.640. The zero-order valence-corrected chi connectivity index (χ0v) is 10.3. The Kier molecular flexibility index (Phi) is 4.89. The molecule has 1 saturated carbocycles. The van der Waals surface area contributed by atoms with Crippen LogP contribution in [0.2, 0.25) is 0 Å². The molecule has 1 saturated heterocycles. The van der Waals surface area contributed by atoms with Crippen LogP contribution < -0.4 is 11.1 Å². The highest BCUT2D eigenvalue weighted by Crippen LogP contribution is 2.32. The lowest BCUT2D eigenvalue weighted by atomic mass is 10.2. The molecule has 0 spiro atoms. The highest BCUT2D eigenvalue weighted by atomic mass is 16.5. The van der Waals surface area contributed by atoms with Crippen LogP contribution in [0.1, 0.15) is 25.7 Å². The van der Waals surface area contributed by atoms with Crippen molar-refractivity contribution in [3.8, 4) is 0 Å². The molecule has 1 atom stereocenters. The van der Waals surface area contributed by atoms with Gasteiger partial charge in [0.05, 0.1) is 14.2 Å².